The summed E-state index contributed by atoms with van der Waals surface area (Å²) >= 11 is 0. The fourth-order valence-corrected chi connectivity index (χ4v) is 6.46. The highest BCUT2D eigenvalue weighted by Crippen LogP contribution is 2.46. The Morgan fingerprint density at radius 3 is 2.49 bits per heavy atom. The molecule has 5 nitrogen and oxygen atoms in total. The van der Waals surface area contributed by atoms with Gasteiger partial charge in [-0.05, 0) is 60.1 Å². The van der Waals surface area contributed by atoms with Gasteiger partial charge in [0.25, 0.3) is 0 Å². The van der Waals surface area contributed by atoms with E-state index in [-0.39, 0.29) is 11.2 Å². The van der Waals surface area contributed by atoms with E-state index in [0.717, 1.165) is 58.1 Å². The molecule has 3 aromatic rings. The lowest BCUT2D eigenvalue weighted by Gasteiger charge is -2.36. The number of nitrogens with zero attached hydrogens (tertiary/aromatic N) is 1. The second-order valence-corrected chi connectivity index (χ2v) is 16.8. The molecule has 1 aliphatic heterocycles. The van der Waals surface area contributed by atoms with E-state index in [9.17, 15) is 14.7 Å². The third kappa shape index (κ3) is 4.40. The molecular formula is C31H36N2O3Si. The Kier molecular flexibility index (Phi) is 6.11. The van der Waals surface area contributed by atoms with Crippen LogP contribution in [0.1, 0.15) is 83.4 Å². The Bertz CT molecular complexity index is 1490. The van der Waals surface area contributed by atoms with E-state index in [2.05, 4.69) is 75.1 Å². The van der Waals surface area contributed by atoms with Crippen molar-refractivity contribution >= 4 is 30.9 Å². The second kappa shape index (κ2) is 8.92. The number of aromatic nitrogens is 1. The average Bonchev–Trinajstić information content (AvgIpc) is 3.25. The number of amides is 1. The molecule has 0 bridgehead atoms. The fourth-order valence-electron chi connectivity index (χ4n) is 5.94. The molecule has 2 aliphatic rings. The zero-order valence-corrected chi connectivity index (χ0v) is 23.7. The van der Waals surface area contributed by atoms with Crippen LogP contribution in [0.15, 0.2) is 30.3 Å². The molecule has 0 unspecified atom stereocenters. The lowest BCUT2D eigenvalue weighted by atomic mass is 9.69. The molecule has 1 aromatic heterocycles. The van der Waals surface area contributed by atoms with Crippen LogP contribution in [-0.4, -0.2) is 48.0 Å². The molecule has 1 amide bonds. The van der Waals surface area contributed by atoms with Crippen molar-refractivity contribution in [1.29, 1.82) is 0 Å². The van der Waals surface area contributed by atoms with Crippen LogP contribution >= 0.6 is 0 Å². The first-order valence-electron chi connectivity index (χ1n) is 13.3. The Morgan fingerprint density at radius 2 is 1.86 bits per heavy atom. The first-order chi connectivity index (χ1) is 17.4. The molecular weight excluding hydrogens is 476 g/mol. The second-order valence-electron chi connectivity index (χ2n) is 12.1. The van der Waals surface area contributed by atoms with Crippen LogP contribution in [0, 0.1) is 11.5 Å². The maximum Gasteiger partial charge on any atom is 0.407 e. The first-order valence-corrected chi connectivity index (χ1v) is 16.8. The minimum absolute atomic E-state index is 0.0819. The number of carbonyl (C=O) groups is 2. The van der Waals surface area contributed by atoms with Gasteiger partial charge in [0.2, 0.25) is 0 Å². The molecule has 1 aliphatic carbocycles. The number of nitrogens with one attached hydrogen (secondary N) is 1. The summed E-state index contributed by atoms with van der Waals surface area (Å²) in [7, 11) is -1.49. The van der Waals surface area contributed by atoms with Crippen LogP contribution in [0.25, 0.3) is 10.9 Å². The van der Waals surface area contributed by atoms with Gasteiger partial charge in [-0.2, -0.15) is 0 Å². The minimum atomic E-state index is -1.49. The topological polar surface area (TPSA) is 73.4 Å². The number of H-pyrrole nitrogens is 1. The highest BCUT2D eigenvalue weighted by atomic mass is 28.3. The molecule has 1 fully saturated rings. The van der Waals surface area contributed by atoms with Gasteiger partial charge in [-0.3, -0.25) is 4.79 Å². The Labute approximate surface area is 220 Å². The van der Waals surface area contributed by atoms with Gasteiger partial charge < -0.3 is 15.0 Å². The number of fused-ring (bicyclic) bond motifs is 4. The Balaban J connectivity index is 1.59. The SMILES string of the molecule is CCc1cc2c(cc1C1CCN(C(=O)O)CC1)C(C)(C)c1[nH]c3cc(C#C[Si](C)(C)C)ccc3c1C2=O. The van der Waals surface area contributed by atoms with Crippen molar-refractivity contribution < 1.29 is 14.7 Å². The maximum absolute atomic E-state index is 14.0. The molecule has 0 radical (unpaired) electrons. The number of hydrogen-bond donors (Lipinski definition) is 2. The zero-order valence-electron chi connectivity index (χ0n) is 22.7. The molecule has 2 heterocycles. The van der Waals surface area contributed by atoms with Crippen LogP contribution in [0.2, 0.25) is 19.6 Å². The summed E-state index contributed by atoms with van der Waals surface area (Å²) in [6.45, 7) is 14.3. The first kappa shape index (κ1) is 25.4. The van der Waals surface area contributed by atoms with Gasteiger partial charge in [-0.15, -0.1) is 5.54 Å². The number of aromatic amines is 1. The highest BCUT2D eigenvalue weighted by molar-refractivity contribution is 6.83. The molecule has 2 aromatic carbocycles. The summed E-state index contributed by atoms with van der Waals surface area (Å²) in [4.78, 5) is 30.5. The largest absolute Gasteiger partial charge is 0.465 e. The van der Waals surface area contributed by atoms with Crippen molar-refractivity contribution in [3.05, 3.63) is 69.4 Å². The van der Waals surface area contributed by atoms with E-state index < -0.39 is 14.2 Å². The van der Waals surface area contributed by atoms with Crippen LogP contribution in [-0.2, 0) is 11.8 Å². The molecule has 0 atom stereocenters. The van der Waals surface area contributed by atoms with Gasteiger partial charge in [0.1, 0.15) is 8.07 Å². The van der Waals surface area contributed by atoms with Crippen LogP contribution in [0.5, 0.6) is 0 Å². The van der Waals surface area contributed by atoms with Gasteiger partial charge in [0.15, 0.2) is 5.78 Å². The highest BCUT2D eigenvalue weighted by Gasteiger charge is 2.40. The number of piperidine rings is 1. The van der Waals surface area contributed by atoms with Crippen molar-refractivity contribution in [3.8, 4) is 11.5 Å². The molecule has 0 saturated carbocycles. The molecule has 0 spiro atoms. The number of likely N-dealkylation sites (tertiary alicyclic amines) is 1. The smallest absolute Gasteiger partial charge is 0.407 e. The number of benzene rings is 2. The number of carboxylic acid groups (broad SMARTS) is 1. The van der Waals surface area contributed by atoms with E-state index >= 15 is 0 Å². The Morgan fingerprint density at radius 1 is 1.16 bits per heavy atom. The number of hydrogen-bond acceptors (Lipinski definition) is 2. The average molecular weight is 513 g/mol. The number of carbonyl (C=O) groups excluding carboxylic acids is 1. The summed E-state index contributed by atoms with van der Waals surface area (Å²) in [5.74, 6) is 3.73. The summed E-state index contributed by atoms with van der Waals surface area (Å²) in [5.41, 5.74) is 11.1. The third-order valence-electron chi connectivity index (χ3n) is 8.02. The molecule has 1 saturated heterocycles. The van der Waals surface area contributed by atoms with Crippen LogP contribution in [0.4, 0.5) is 4.79 Å². The van der Waals surface area contributed by atoms with Gasteiger partial charge in [-0.1, -0.05) is 58.5 Å². The van der Waals surface area contributed by atoms with Gasteiger partial charge in [0, 0.05) is 46.2 Å². The van der Waals surface area contributed by atoms with E-state index in [1.807, 2.05) is 12.1 Å². The summed E-state index contributed by atoms with van der Waals surface area (Å²) < 4.78 is 0. The summed E-state index contributed by atoms with van der Waals surface area (Å²) in [6.07, 6.45) is 1.62. The van der Waals surface area contributed by atoms with Crippen molar-refractivity contribution in [2.45, 2.75) is 71.0 Å². The van der Waals surface area contributed by atoms with Crippen LogP contribution in [0.3, 0.4) is 0 Å². The Hall–Kier alpha value is -3.30. The normalized spacial score (nSPS) is 17.2. The van der Waals surface area contributed by atoms with E-state index in [1.54, 1.807) is 0 Å². The molecule has 37 heavy (non-hydrogen) atoms. The monoisotopic (exact) mass is 512 g/mol. The third-order valence-corrected chi connectivity index (χ3v) is 8.89. The van der Waals surface area contributed by atoms with E-state index in [0.29, 0.717) is 19.0 Å². The predicted octanol–water partition coefficient (Wildman–Crippen LogP) is 6.69. The predicted molar refractivity (Wildman–Crippen MR) is 151 cm³/mol. The summed E-state index contributed by atoms with van der Waals surface area (Å²) in [5, 5.41) is 10.3. The molecule has 6 heteroatoms. The van der Waals surface area contributed by atoms with Crippen LogP contribution < -0.4 is 0 Å². The lowest BCUT2D eigenvalue weighted by molar-refractivity contribution is 0.103. The molecule has 5 rings (SSSR count). The number of ketones is 1. The number of rotatable bonds is 2. The van der Waals surface area contributed by atoms with Gasteiger partial charge in [0.05, 0.1) is 5.56 Å². The molecule has 192 valence electrons. The maximum atomic E-state index is 14.0. The summed E-state index contributed by atoms with van der Waals surface area (Å²) in [6, 6.07) is 10.5. The standard InChI is InChI=1S/C31H36N2O3Si/c1-7-20-17-24-25(18-23(20)21-10-13-33(14-11-21)30(35)36)31(2,3)29-27(28(24)34)22-9-8-19(16-26(22)32-29)12-15-37(4,5)6/h8-9,16-18,21,32H,7,10-11,13-14H2,1-6H3,(H,35,36). The van der Waals surface area contributed by atoms with Crippen molar-refractivity contribution in [1.82, 2.24) is 9.88 Å². The van der Waals surface area contributed by atoms with Crippen molar-refractivity contribution in [2.75, 3.05) is 13.1 Å². The quantitative estimate of drug-likeness (QED) is 0.297. The van der Waals surface area contributed by atoms with E-state index in [4.69, 9.17) is 0 Å². The number of aryl methyl sites for hydroxylation is 1. The van der Waals surface area contributed by atoms with Crippen molar-refractivity contribution in [2.24, 2.45) is 0 Å². The van der Waals surface area contributed by atoms with E-state index in [1.165, 1.54) is 16.0 Å². The molecule has 2 N–H and O–H groups in total. The fraction of sp³-hybridized carbons (Fsp3) is 0.419. The lowest BCUT2D eigenvalue weighted by Crippen LogP contribution is -2.37. The van der Waals surface area contributed by atoms with Crippen molar-refractivity contribution in [3.63, 3.8) is 0 Å². The zero-order chi connectivity index (χ0) is 26.7. The minimum Gasteiger partial charge on any atom is -0.465 e. The van der Waals surface area contributed by atoms with Gasteiger partial charge in [-0.25, -0.2) is 4.79 Å². The van der Waals surface area contributed by atoms with Gasteiger partial charge >= 0.3 is 6.09 Å².